The van der Waals surface area contributed by atoms with Gasteiger partial charge in [-0.05, 0) is 54.8 Å². The molecule has 0 spiro atoms. The molecular formula is C31H28ClNO6. The Kier molecular flexibility index (Phi) is 7.10. The van der Waals surface area contributed by atoms with E-state index < -0.39 is 23.5 Å². The number of rotatable bonds is 8. The van der Waals surface area contributed by atoms with E-state index in [9.17, 15) is 14.7 Å². The Labute approximate surface area is 231 Å². The summed E-state index contributed by atoms with van der Waals surface area (Å²) in [5, 5.41) is 12.1. The van der Waals surface area contributed by atoms with Crippen LogP contribution in [0.15, 0.2) is 82.5 Å². The largest absolute Gasteiger partial charge is 0.503 e. The lowest BCUT2D eigenvalue weighted by Gasteiger charge is -2.27. The maximum atomic E-state index is 14.0. The molecule has 0 fully saturated rings. The van der Waals surface area contributed by atoms with Crippen LogP contribution in [0.4, 0.5) is 5.69 Å². The number of furan rings is 1. The average molecular weight is 546 g/mol. The zero-order chi connectivity index (χ0) is 27.8. The second-order valence-electron chi connectivity index (χ2n) is 9.92. The molecule has 0 aliphatic carbocycles. The fourth-order valence-corrected chi connectivity index (χ4v) is 4.86. The van der Waals surface area contributed by atoms with Crippen molar-refractivity contribution in [3.8, 4) is 11.5 Å². The van der Waals surface area contributed by atoms with Crippen molar-refractivity contribution in [2.24, 2.45) is 5.92 Å². The van der Waals surface area contributed by atoms with Gasteiger partial charge in [0.1, 0.15) is 5.75 Å². The van der Waals surface area contributed by atoms with Gasteiger partial charge in [0, 0.05) is 22.2 Å². The number of aryl methyl sites for hydroxylation is 1. The summed E-state index contributed by atoms with van der Waals surface area (Å²) in [5.41, 5.74) is 2.40. The molecule has 2 heterocycles. The molecule has 0 bridgehead atoms. The Hall–Kier alpha value is -4.23. The third-order valence-corrected chi connectivity index (χ3v) is 6.73. The number of aliphatic hydroxyl groups is 1. The maximum Gasteiger partial charge on any atom is 0.294 e. The standard InChI is InChI=1S/C31H28ClNO6/c1-17(2)16-38-23-7-5-6-19(13-23)27-26(29(35)31(36)33(27)22-10-8-18(3)9-11-22)28(34)24-14-20-12-21(32)15-25(37-4)30(20)39-24/h5-15,17,27,35H,16H2,1-4H3. The van der Waals surface area contributed by atoms with Crippen LogP contribution in [0.25, 0.3) is 11.0 Å². The van der Waals surface area contributed by atoms with Crippen LogP contribution in [0.5, 0.6) is 11.5 Å². The van der Waals surface area contributed by atoms with E-state index in [0.717, 1.165) is 5.56 Å². The molecule has 0 saturated heterocycles. The van der Waals surface area contributed by atoms with Gasteiger partial charge in [-0.3, -0.25) is 14.5 Å². The zero-order valence-electron chi connectivity index (χ0n) is 22.0. The monoisotopic (exact) mass is 545 g/mol. The Morgan fingerprint density at radius 2 is 1.85 bits per heavy atom. The number of Topliss-reactive ketones (excluding diaryl/α,β-unsaturated/α-hetero) is 1. The van der Waals surface area contributed by atoms with Crippen molar-refractivity contribution in [1.29, 1.82) is 0 Å². The number of methoxy groups -OCH3 is 1. The summed E-state index contributed by atoms with van der Waals surface area (Å²) < 4.78 is 17.2. The lowest BCUT2D eigenvalue weighted by atomic mass is 9.94. The van der Waals surface area contributed by atoms with E-state index in [2.05, 4.69) is 0 Å². The van der Waals surface area contributed by atoms with Crippen LogP contribution in [0, 0.1) is 12.8 Å². The van der Waals surface area contributed by atoms with E-state index in [1.807, 2.05) is 39.0 Å². The van der Waals surface area contributed by atoms with Gasteiger partial charge in [-0.2, -0.15) is 0 Å². The molecule has 1 aliphatic rings. The number of carbonyl (C=O) groups is 2. The third kappa shape index (κ3) is 4.98. The Bertz CT molecular complexity index is 1600. The molecule has 5 rings (SSSR count). The van der Waals surface area contributed by atoms with Crippen LogP contribution >= 0.6 is 11.6 Å². The molecule has 7 nitrogen and oxygen atoms in total. The molecule has 200 valence electrons. The average Bonchev–Trinajstić information content (AvgIpc) is 3.46. The molecule has 3 aromatic carbocycles. The van der Waals surface area contributed by atoms with Crippen molar-refractivity contribution in [3.63, 3.8) is 0 Å². The van der Waals surface area contributed by atoms with Crippen molar-refractivity contribution in [2.75, 3.05) is 18.6 Å². The third-order valence-electron chi connectivity index (χ3n) is 6.51. The van der Waals surface area contributed by atoms with Gasteiger partial charge in [0.25, 0.3) is 5.91 Å². The molecular weight excluding hydrogens is 518 g/mol. The fraction of sp³-hybridized carbons (Fsp3) is 0.226. The van der Waals surface area contributed by atoms with Crippen molar-refractivity contribution in [3.05, 3.63) is 100.0 Å². The van der Waals surface area contributed by atoms with E-state index in [0.29, 0.717) is 51.3 Å². The second-order valence-corrected chi connectivity index (χ2v) is 10.4. The predicted molar refractivity (Wildman–Crippen MR) is 150 cm³/mol. The summed E-state index contributed by atoms with van der Waals surface area (Å²) in [6.45, 7) is 6.54. The second kappa shape index (κ2) is 10.5. The number of nitrogens with zero attached hydrogens (tertiary/aromatic N) is 1. The molecule has 1 amide bonds. The van der Waals surface area contributed by atoms with Gasteiger partial charge in [-0.15, -0.1) is 0 Å². The highest BCUT2D eigenvalue weighted by molar-refractivity contribution is 6.31. The normalized spacial score (nSPS) is 15.5. The van der Waals surface area contributed by atoms with E-state index in [4.69, 9.17) is 25.5 Å². The van der Waals surface area contributed by atoms with Gasteiger partial charge in [0.2, 0.25) is 5.78 Å². The van der Waals surface area contributed by atoms with E-state index in [1.54, 1.807) is 42.5 Å². The first-order valence-electron chi connectivity index (χ1n) is 12.6. The van der Waals surface area contributed by atoms with Crippen molar-refractivity contribution >= 4 is 39.9 Å². The molecule has 1 aliphatic heterocycles. The van der Waals surface area contributed by atoms with E-state index in [1.165, 1.54) is 18.1 Å². The van der Waals surface area contributed by atoms with E-state index >= 15 is 0 Å². The number of amides is 1. The number of hydrogen-bond donors (Lipinski definition) is 1. The Morgan fingerprint density at radius 3 is 2.54 bits per heavy atom. The van der Waals surface area contributed by atoms with Gasteiger partial charge in [0.05, 0.1) is 25.3 Å². The summed E-state index contributed by atoms with van der Waals surface area (Å²) in [6.07, 6.45) is 0. The van der Waals surface area contributed by atoms with Crippen LogP contribution in [-0.4, -0.2) is 30.5 Å². The summed E-state index contributed by atoms with van der Waals surface area (Å²) >= 11 is 6.20. The van der Waals surface area contributed by atoms with Crippen molar-refractivity contribution in [2.45, 2.75) is 26.8 Å². The van der Waals surface area contributed by atoms with Gasteiger partial charge < -0.3 is 19.0 Å². The first-order chi connectivity index (χ1) is 18.7. The summed E-state index contributed by atoms with van der Waals surface area (Å²) in [5.74, 6) is -0.720. The quantitative estimate of drug-likeness (QED) is 0.235. The number of benzene rings is 3. The maximum absolute atomic E-state index is 14.0. The summed E-state index contributed by atoms with van der Waals surface area (Å²) in [6, 6.07) is 18.4. The highest BCUT2D eigenvalue weighted by Gasteiger charge is 2.45. The Morgan fingerprint density at radius 1 is 1.10 bits per heavy atom. The van der Waals surface area contributed by atoms with E-state index in [-0.39, 0.29) is 11.3 Å². The number of ether oxygens (including phenoxy) is 2. The molecule has 1 N–H and O–H groups in total. The lowest BCUT2D eigenvalue weighted by Crippen LogP contribution is -2.31. The number of carbonyl (C=O) groups excluding carboxylic acids is 2. The molecule has 1 atom stereocenters. The fourth-order valence-electron chi connectivity index (χ4n) is 4.64. The number of fused-ring (bicyclic) bond motifs is 1. The Balaban J connectivity index is 1.64. The highest BCUT2D eigenvalue weighted by atomic mass is 35.5. The van der Waals surface area contributed by atoms with Gasteiger partial charge >= 0.3 is 0 Å². The van der Waals surface area contributed by atoms with Crippen LogP contribution < -0.4 is 14.4 Å². The molecule has 0 saturated carbocycles. The van der Waals surface area contributed by atoms with Gasteiger partial charge in [-0.25, -0.2) is 0 Å². The summed E-state index contributed by atoms with van der Waals surface area (Å²) in [4.78, 5) is 28.9. The minimum atomic E-state index is -0.922. The van der Waals surface area contributed by atoms with Crippen LogP contribution in [0.1, 0.15) is 41.6 Å². The van der Waals surface area contributed by atoms with Crippen LogP contribution in [0.3, 0.4) is 0 Å². The molecule has 8 heteroatoms. The minimum absolute atomic E-state index is 0.0529. The number of hydrogen-bond acceptors (Lipinski definition) is 6. The molecule has 1 unspecified atom stereocenters. The smallest absolute Gasteiger partial charge is 0.294 e. The molecule has 1 aromatic heterocycles. The van der Waals surface area contributed by atoms with Crippen LogP contribution in [-0.2, 0) is 4.79 Å². The first-order valence-corrected chi connectivity index (χ1v) is 12.9. The van der Waals surface area contributed by atoms with Crippen molar-refractivity contribution < 1.29 is 28.6 Å². The lowest BCUT2D eigenvalue weighted by molar-refractivity contribution is -0.117. The predicted octanol–water partition coefficient (Wildman–Crippen LogP) is 7.22. The first kappa shape index (κ1) is 26.4. The van der Waals surface area contributed by atoms with Gasteiger partial charge in [-0.1, -0.05) is 55.3 Å². The van der Waals surface area contributed by atoms with Crippen LogP contribution in [0.2, 0.25) is 5.02 Å². The number of ketones is 1. The summed E-state index contributed by atoms with van der Waals surface area (Å²) in [7, 11) is 1.48. The molecule has 0 radical (unpaired) electrons. The topological polar surface area (TPSA) is 89.2 Å². The number of halogens is 1. The number of aliphatic hydroxyl groups excluding tert-OH is 1. The zero-order valence-corrected chi connectivity index (χ0v) is 22.8. The van der Waals surface area contributed by atoms with Crippen molar-refractivity contribution in [1.82, 2.24) is 0 Å². The molecule has 39 heavy (non-hydrogen) atoms. The molecule has 4 aromatic rings. The van der Waals surface area contributed by atoms with Gasteiger partial charge in [0.15, 0.2) is 22.9 Å². The highest BCUT2D eigenvalue weighted by Crippen LogP contribution is 2.43. The number of anilines is 1. The SMILES string of the molecule is COc1cc(Cl)cc2cc(C(=O)C3=C(O)C(=O)N(c4ccc(C)cc4)C3c3cccc(OCC(C)C)c3)oc12. The minimum Gasteiger partial charge on any atom is -0.503 e.